The molecule has 4 heterocycles. The lowest BCUT2D eigenvalue weighted by atomic mass is 9.95. The molecule has 0 spiro atoms. The molecular weight excluding hydrogens is 477 g/mol. The number of benzene rings is 1. The second-order valence-corrected chi connectivity index (χ2v) is 9.09. The molecule has 12 heteroatoms. The Morgan fingerprint density at radius 1 is 1.17 bits per heavy atom. The van der Waals surface area contributed by atoms with Gasteiger partial charge in [0, 0.05) is 31.6 Å². The molecule has 2 aromatic heterocycles. The Bertz CT molecular complexity index is 1330. The van der Waals surface area contributed by atoms with E-state index in [1.54, 1.807) is 13.1 Å². The Hall–Kier alpha value is -3.96. The minimum Gasteiger partial charge on any atom is -0.362 e. The third-order valence-corrected chi connectivity index (χ3v) is 6.62. The van der Waals surface area contributed by atoms with E-state index in [0.717, 1.165) is 28.3 Å². The summed E-state index contributed by atoms with van der Waals surface area (Å²) in [4.78, 5) is 39.9. The molecule has 2 aliphatic rings. The lowest BCUT2D eigenvalue weighted by Crippen LogP contribution is -2.52. The van der Waals surface area contributed by atoms with Crippen LogP contribution in [0.1, 0.15) is 29.1 Å². The van der Waals surface area contributed by atoms with Crippen molar-refractivity contribution >= 4 is 29.0 Å². The Labute approximate surface area is 204 Å². The van der Waals surface area contributed by atoms with Crippen LogP contribution in [0.15, 0.2) is 41.2 Å². The summed E-state index contributed by atoms with van der Waals surface area (Å²) in [6, 6.07) is 6.24. The van der Waals surface area contributed by atoms with E-state index >= 15 is 0 Å². The van der Waals surface area contributed by atoms with Crippen LogP contribution in [0.5, 0.6) is 0 Å². The molecule has 3 aromatic rings. The topological polar surface area (TPSA) is 95.7 Å². The van der Waals surface area contributed by atoms with Gasteiger partial charge < -0.3 is 14.3 Å². The van der Waals surface area contributed by atoms with Crippen molar-refractivity contribution in [3.8, 4) is 0 Å². The summed E-state index contributed by atoms with van der Waals surface area (Å²) >= 11 is 0. The fourth-order valence-corrected chi connectivity index (χ4v) is 5.08. The zero-order valence-corrected chi connectivity index (χ0v) is 19.8. The number of para-hydroxylation sites is 1. The summed E-state index contributed by atoms with van der Waals surface area (Å²) in [6.07, 6.45) is -3.42. The smallest absolute Gasteiger partial charge is 0.362 e. The average molecular weight is 500 g/mol. The molecule has 9 nitrogen and oxygen atoms in total. The number of aryl methyl sites for hydroxylation is 2. The zero-order chi connectivity index (χ0) is 25.8. The largest absolute Gasteiger partial charge is 0.416 e. The van der Waals surface area contributed by atoms with Gasteiger partial charge in [-0.25, -0.2) is 4.98 Å². The van der Waals surface area contributed by atoms with Gasteiger partial charge in [0.2, 0.25) is 18.2 Å². The van der Waals surface area contributed by atoms with Crippen LogP contribution in [0.25, 0.3) is 0 Å². The number of rotatable bonds is 3. The van der Waals surface area contributed by atoms with Gasteiger partial charge in [-0.3, -0.25) is 14.5 Å². The van der Waals surface area contributed by atoms with Crippen LogP contribution >= 0.6 is 0 Å². The molecule has 188 valence electrons. The molecule has 0 unspecified atom stereocenters. The number of hydrogen-bond donors (Lipinski definition) is 0. The monoisotopic (exact) mass is 500 g/mol. The summed E-state index contributed by atoms with van der Waals surface area (Å²) in [5.74, 6) is -1.12. The van der Waals surface area contributed by atoms with Crippen molar-refractivity contribution in [3.63, 3.8) is 0 Å². The van der Waals surface area contributed by atoms with Gasteiger partial charge >= 0.3 is 6.18 Å². The number of halogens is 3. The SMILES string of the molecule is Cc1cc(C(F)(F)F)cc(N2C(=O)C[C@@H]3CN(Cc4ncon4)c4c(C)cccc4N(C)C(=O)[C@H]32)n1. The Balaban J connectivity index is 1.62. The highest BCUT2D eigenvalue weighted by Gasteiger charge is 2.49. The Kier molecular flexibility index (Phi) is 5.68. The van der Waals surface area contributed by atoms with Crippen LogP contribution in [-0.2, 0) is 22.3 Å². The molecular formula is C24H23F3N6O3. The number of anilines is 3. The number of fused-ring (bicyclic) bond motifs is 2. The number of amides is 2. The van der Waals surface area contributed by atoms with E-state index < -0.39 is 35.5 Å². The molecule has 2 aliphatic heterocycles. The van der Waals surface area contributed by atoms with E-state index in [0.29, 0.717) is 11.5 Å². The van der Waals surface area contributed by atoms with Crippen LogP contribution in [0.3, 0.4) is 0 Å². The molecule has 0 saturated carbocycles. The van der Waals surface area contributed by atoms with Gasteiger partial charge in [-0.05, 0) is 37.6 Å². The number of carbonyl (C=O) groups excluding carboxylic acids is 2. The zero-order valence-electron chi connectivity index (χ0n) is 19.8. The van der Waals surface area contributed by atoms with E-state index in [4.69, 9.17) is 4.52 Å². The maximum Gasteiger partial charge on any atom is 0.416 e. The Morgan fingerprint density at radius 3 is 2.64 bits per heavy atom. The highest BCUT2D eigenvalue weighted by atomic mass is 19.4. The van der Waals surface area contributed by atoms with E-state index in [9.17, 15) is 22.8 Å². The minimum absolute atomic E-state index is 0.0226. The van der Waals surface area contributed by atoms with E-state index in [-0.39, 0.29) is 31.0 Å². The maximum atomic E-state index is 13.8. The van der Waals surface area contributed by atoms with Crippen LogP contribution in [0.2, 0.25) is 0 Å². The summed E-state index contributed by atoms with van der Waals surface area (Å²) in [6.45, 7) is 3.88. The summed E-state index contributed by atoms with van der Waals surface area (Å²) in [5, 5.41) is 3.90. The maximum absolute atomic E-state index is 13.8. The number of hydrogen-bond acceptors (Lipinski definition) is 7. The average Bonchev–Trinajstić information content (AvgIpc) is 3.43. The molecule has 0 bridgehead atoms. The molecule has 2 atom stereocenters. The van der Waals surface area contributed by atoms with Crippen molar-refractivity contribution in [1.82, 2.24) is 15.1 Å². The number of carbonyl (C=O) groups is 2. The molecule has 2 amide bonds. The van der Waals surface area contributed by atoms with Crippen molar-refractivity contribution in [2.45, 2.75) is 39.0 Å². The lowest BCUT2D eigenvalue weighted by molar-refractivity contribution is -0.137. The number of likely N-dealkylation sites (N-methyl/N-ethyl adjacent to an activating group) is 1. The second-order valence-electron chi connectivity index (χ2n) is 9.09. The predicted molar refractivity (Wildman–Crippen MR) is 123 cm³/mol. The highest BCUT2D eigenvalue weighted by Crippen LogP contribution is 2.41. The first-order valence-electron chi connectivity index (χ1n) is 11.3. The molecule has 36 heavy (non-hydrogen) atoms. The quantitative estimate of drug-likeness (QED) is 0.543. The molecule has 5 rings (SSSR count). The van der Waals surface area contributed by atoms with E-state index in [1.807, 2.05) is 24.0 Å². The molecule has 0 radical (unpaired) electrons. The first-order valence-corrected chi connectivity index (χ1v) is 11.3. The highest BCUT2D eigenvalue weighted by molar-refractivity contribution is 6.10. The molecule has 0 N–H and O–H groups in total. The molecule has 1 saturated heterocycles. The summed E-state index contributed by atoms with van der Waals surface area (Å²) in [5.41, 5.74) is 1.48. The normalized spacial score (nSPS) is 20.3. The van der Waals surface area contributed by atoms with Gasteiger partial charge in [0.05, 0.1) is 23.5 Å². The van der Waals surface area contributed by atoms with Crippen molar-refractivity contribution in [1.29, 1.82) is 0 Å². The standard InChI is InChI=1S/C24H23F3N6O3/c1-13-5-4-6-17-21(13)32(11-18-28-12-36-30-18)10-15-8-20(34)33(22(15)23(35)31(17)3)19-9-16(24(25,26)27)7-14(2)29-19/h4-7,9,12,15,22H,8,10-11H2,1-3H3/t15-,22+/m1/s1. The third kappa shape index (κ3) is 4.06. The first kappa shape index (κ1) is 23.8. The summed E-state index contributed by atoms with van der Waals surface area (Å²) in [7, 11) is 1.60. The number of aromatic nitrogens is 3. The molecule has 1 aromatic carbocycles. The fraction of sp³-hybridized carbons (Fsp3) is 0.375. The van der Waals surface area contributed by atoms with E-state index in [1.165, 1.54) is 18.2 Å². The van der Waals surface area contributed by atoms with Crippen LogP contribution in [-0.4, -0.2) is 46.6 Å². The van der Waals surface area contributed by atoms with Crippen molar-refractivity contribution in [3.05, 3.63) is 59.4 Å². The molecule has 0 aliphatic carbocycles. The van der Waals surface area contributed by atoms with Gasteiger partial charge in [0.15, 0.2) is 5.82 Å². The number of alkyl halides is 3. The van der Waals surface area contributed by atoms with Gasteiger partial charge in [-0.15, -0.1) is 0 Å². The summed E-state index contributed by atoms with van der Waals surface area (Å²) < 4.78 is 45.5. The Morgan fingerprint density at radius 2 is 1.94 bits per heavy atom. The van der Waals surface area contributed by atoms with Crippen molar-refractivity contribution < 1.29 is 27.3 Å². The number of nitrogens with zero attached hydrogens (tertiary/aromatic N) is 6. The number of pyridine rings is 1. The second kappa shape index (κ2) is 8.61. The van der Waals surface area contributed by atoms with Crippen LogP contribution in [0, 0.1) is 19.8 Å². The van der Waals surface area contributed by atoms with Gasteiger partial charge in [0.25, 0.3) is 0 Å². The predicted octanol–water partition coefficient (Wildman–Crippen LogP) is 3.50. The third-order valence-electron chi connectivity index (χ3n) is 6.62. The van der Waals surface area contributed by atoms with Crippen molar-refractivity contribution in [2.75, 3.05) is 28.3 Å². The minimum atomic E-state index is -4.62. The van der Waals surface area contributed by atoms with E-state index in [2.05, 4.69) is 15.1 Å². The van der Waals surface area contributed by atoms with Crippen LogP contribution < -0.4 is 14.7 Å². The van der Waals surface area contributed by atoms with Crippen molar-refractivity contribution in [2.24, 2.45) is 5.92 Å². The van der Waals surface area contributed by atoms with Gasteiger partial charge in [-0.2, -0.15) is 18.2 Å². The van der Waals surface area contributed by atoms with Gasteiger partial charge in [-0.1, -0.05) is 17.3 Å². The van der Waals surface area contributed by atoms with Gasteiger partial charge in [0.1, 0.15) is 11.9 Å². The first-order chi connectivity index (χ1) is 17.0. The fourth-order valence-electron chi connectivity index (χ4n) is 5.08. The molecule has 1 fully saturated rings. The van der Waals surface area contributed by atoms with Crippen LogP contribution in [0.4, 0.5) is 30.4 Å². The lowest BCUT2D eigenvalue weighted by Gasteiger charge is -2.39.